The van der Waals surface area contributed by atoms with Gasteiger partial charge in [-0.15, -0.1) is 0 Å². The summed E-state index contributed by atoms with van der Waals surface area (Å²) in [6.07, 6.45) is 7.09. The van der Waals surface area contributed by atoms with Gasteiger partial charge in [-0.3, -0.25) is 4.79 Å². The predicted octanol–water partition coefficient (Wildman–Crippen LogP) is 2.07. The SMILES string of the molecule is C[C@H]1CCCC[C@H]1NC(=O)C[NH+](Cc1ccccc1F)C1CC1. The number of halogens is 1. The highest BCUT2D eigenvalue weighted by molar-refractivity contribution is 5.77. The van der Waals surface area contributed by atoms with Gasteiger partial charge in [0.1, 0.15) is 12.4 Å². The zero-order valence-corrected chi connectivity index (χ0v) is 14.0. The predicted molar refractivity (Wildman–Crippen MR) is 88.5 cm³/mol. The van der Waals surface area contributed by atoms with Crippen LogP contribution in [0.3, 0.4) is 0 Å². The van der Waals surface area contributed by atoms with Crippen LogP contribution in [0.2, 0.25) is 0 Å². The molecule has 0 heterocycles. The molecular weight excluding hydrogens is 291 g/mol. The van der Waals surface area contributed by atoms with Gasteiger partial charge in [-0.1, -0.05) is 38.0 Å². The minimum atomic E-state index is -0.160. The van der Waals surface area contributed by atoms with Gasteiger partial charge in [0, 0.05) is 24.4 Å². The lowest BCUT2D eigenvalue weighted by molar-refractivity contribution is -0.917. The highest BCUT2D eigenvalue weighted by Crippen LogP contribution is 2.23. The molecule has 0 aliphatic heterocycles. The van der Waals surface area contributed by atoms with Gasteiger partial charge in [0.05, 0.1) is 6.04 Å². The third kappa shape index (κ3) is 4.54. The first kappa shape index (κ1) is 16.4. The van der Waals surface area contributed by atoms with Crippen LogP contribution in [0, 0.1) is 11.7 Å². The molecule has 0 aromatic heterocycles. The number of amides is 1. The van der Waals surface area contributed by atoms with Crippen molar-refractivity contribution >= 4 is 5.91 Å². The van der Waals surface area contributed by atoms with E-state index in [-0.39, 0.29) is 11.7 Å². The Labute approximate surface area is 138 Å². The molecule has 0 bridgehead atoms. The monoisotopic (exact) mass is 319 g/mol. The maximum absolute atomic E-state index is 13.9. The molecule has 4 heteroatoms. The van der Waals surface area contributed by atoms with Crippen molar-refractivity contribution in [2.45, 2.75) is 64.1 Å². The zero-order valence-electron chi connectivity index (χ0n) is 14.0. The molecule has 2 aliphatic rings. The molecule has 0 saturated heterocycles. The van der Waals surface area contributed by atoms with E-state index < -0.39 is 0 Å². The van der Waals surface area contributed by atoms with Crippen LogP contribution in [-0.2, 0) is 11.3 Å². The van der Waals surface area contributed by atoms with E-state index in [1.54, 1.807) is 6.07 Å². The normalized spacial score (nSPS) is 25.8. The molecule has 1 amide bonds. The summed E-state index contributed by atoms with van der Waals surface area (Å²) in [7, 11) is 0. The van der Waals surface area contributed by atoms with E-state index in [0.717, 1.165) is 19.3 Å². The van der Waals surface area contributed by atoms with Crippen LogP contribution in [0.15, 0.2) is 24.3 Å². The van der Waals surface area contributed by atoms with Crippen molar-refractivity contribution in [1.29, 1.82) is 0 Å². The average Bonchev–Trinajstić information content (AvgIpc) is 3.36. The molecule has 2 saturated carbocycles. The maximum Gasteiger partial charge on any atom is 0.275 e. The molecule has 23 heavy (non-hydrogen) atoms. The Morgan fingerprint density at radius 3 is 2.65 bits per heavy atom. The zero-order chi connectivity index (χ0) is 16.2. The number of carbonyl (C=O) groups excluding carboxylic acids is 1. The van der Waals surface area contributed by atoms with Crippen LogP contribution in [0.5, 0.6) is 0 Å². The molecule has 0 spiro atoms. The number of rotatable bonds is 6. The van der Waals surface area contributed by atoms with E-state index in [0.29, 0.717) is 36.7 Å². The fourth-order valence-corrected chi connectivity index (χ4v) is 3.72. The van der Waals surface area contributed by atoms with E-state index in [2.05, 4.69) is 12.2 Å². The van der Waals surface area contributed by atoms with Gasteiger partial charge in [0.25, 0.3) is 5.91 Å². The fraction of sp³-hybridized carbons (Fsp3) is 0.632. The van der Waals surface area contributed by atoms with Gasteiger partial charge >= 0.3 is 0 Å². The van der Waals surface area contributed by atoms with Crippen LogP contribution in [0.1, 0.15) is 51.0 Å². The molecular formula is C19H28FN2O+. The molecule has 1 aromatic carbocycles. The maximum atomic E-state index is 13.9. The summed E-state index contributed by atoms with van der Waals surface area (Å²) in [6, 6.07) is 7.76. The van der Waals surface area contributed by atoms with Gasteiger partial charge < -0.3 is 10.2 Å². The number of benzene rings is 1. The van der Waals surface area contributed by atoms with Crippen molar-refractivity contribution in [3.05, 3.63) is 35.6 Å². The first-order valence-corrected chi connectivity index (χ1v) is 9.01. The molecule has 2 fully saturated rings. The Hall–Kier alpha value is -1.42. The van der Waals surface area contributed by atoms with Crippen LogP contribution >= 0.6 is 0 Å². The highest BCUT2D eigenvalue weighted by atomic mass is 19.1. The number of quaternary nitrogens is 1. The molecule has 3 rings (SSSR count). The van der Waals surface area contributed by atoms with Crippen LogP contribution in [0.4, 0.5) is 4.39 Å². The summed E-state index contributed by atoms with van der Waals surface area (Å²) in [5, 5.41) is 3.23. The standard InChI is InChI=1S/C19H27FN2O/c1-14-6-2-5-9-18(14)21-19(23)13-22(16-10-11-16)12-15-7-3-4-8-17(15)20/h3-4,7-8,14,16,18H,2,5-6,9-13H2,1H3,(H,21,23)/p+1/t14-,18+/m0/s1. The van der Waals surface area contributed by atoms with Crippen molar-refractivity contribution in [2.24, 2.45) is 5.92 Å². The van der Waals surface area contributed by atoms with E-state index in [4.69, 9.17) is 0 Å². The molecule has 1 unspecified atom stereocenters. The minimum absolute atomic E-state index is 0.127. The van der Waals surface area contributed by atoms with Crippen LogP contribution in [0.25, 0.3) is 0 Å². The van der Waals surface area contributed by atoms with Crippen LogP contribution < -0.4 is 10.2 Å². The van der Waals surface area contributed by atoms with Gasteiger partial charge in [0.15, 0.2) is 6.54 Å². The minimum Gasteiger partial charge on any atom is -0.348 e. The quantitative estimate of drug-likeness (QED) is 0.827. The molecule has 1 aromatic rings. The van der Waals surface area contributed by atoms with Crippen molar-refractivity contribution in [1.82, 2.24) is 5.32 Å². The number of hydrogen-bond donors (Lipinski definition) is 2. The second kappa shape index (κ2) is 7.43. The Morgan fingerprint density at radius 1 is 1.22 bits per heavy atom. The molecule has 126 valence electrons. The van der Waals surface area contributed by atoms with Gasteiger partial charge in [-0.2, -0.15) is 0 Å². The highest BCUT2D eigenvalue weighted by Gasteiger charge is 2.35. The summed E-state index contributed by atoms with van der Waals surface area (Å²) in [5.74, 6) is 0.539. The second-order valence-electron chi connectivity index (χ2n) is 7.31. The van der Waals surface area contributed by atoms with Crippen molar-refractivity contribution < 1.29 is 14.1 Å². The van der Waals surface area contributed by atoms with E-state index in [1.165, 1.54) is 30.2 Å². The van der Waals surface area contributed by atoms with Crippen molar-refractivity contribution in [2.75, 3.05) is 6.54 Å². The van der Waals surface area contributed by atoms with E-state index in [1.807, 2.05) is 12.1 Å². The summed E-state index contributed by atoms with van der Waals surface area (Å²) < 4.78 is 13.9. The fourth-order valence-electron chi connectivity index (χ4n) is 3.72. The lowest BCUT2D eigenvalue weighted by Crippen LogP contribution is -3.13. The second-order valence-corrected chi connectivity index (χ2v) is 7.31. The Bertz CT molecular complexity index is 544. The molecule has 2 N–H and O–H groups in total. The van der Waals surface area contributed by atoms with E-state index >= 15 is 0 Å². The smallest absolute Gasteiger partial charge is 0.275 e. The molecule has 3 atom stereocenters. The third-order valence-corrected chi connectivity index (χ3v) is 5.38. The lowest BCUT2D eigenvalue weighted by atomic mass is 9.86. The third-order valence-electron chi connectivity index (χ3n) is 5.38. The summed E-state index contributed by atoms with van der Waals surface area (Å²) in [6.45, 7) is 3.29. The lowest BCUT2D eigenvalue weighted by Gasteiger charge is -2.30. The number of hydrogen-bond acceptors (Lipinski definition) is 1. The topological polar surface area (TPSA) is 33.5 Å². The van der Waals surface area contributed by atoms with E-state index in [9.17, 15) is 9.18 Å². The van der Waals surface area contributed by atoms with Crippen molar-refractivity contribution in [3.8, 4) is 0 Å². The molecule has 3 nitrogen and oxygen atoms in total. The largest absolute Gasteiger partial charge is 0.348 e. The number of nitrogens with one attached hydrogen (secondary N) is 2. The molecule has 0 radical (unpaired) electrons. The summed E-state index contributed by atoms with van der Waals surface area (Å²) in [5.41, 5.74) is 0.716. The first-order chi connectivity index (χ1) is 11.1. The Kier molecular flexibility index (Phi) is 5.31. The van der Waals surface area contributed by atoms with Gasteiger partial charge in [-0.05, 0) is 24.8 Å². The van der Waals surface area contributed by atoms with Crippen LogP contribution in [-0.4, -0.2) is 24.5 Å². The summed E-state index contributed by atoms with van der Waals surface area (Å²) in [4.78, 5) is 13.7. The Balaban J connectivity index is 1.57. The Morgan fingerprint density at radius 2 is 1.96 bits per heavy atom. The van der Waals surface area contributed by atoms with Crippen molar-refractivity contribution in [3.63, 3.8) is 0 Å². The average molecular weight is 319 g/mol. The number of carbonyl (C=O) groups is 1. The molecule has 2 aliphatic carbocycles. The summed E-state index contributed by atoms with van der Waals surface area (Å²) >= 11 is 0. The van der Waals surface area contributed by atoms with Gasteiger partial charge in [0.2, 0.25) is 0 Å². The van der Waals surface area contributed by atoms with Gasteiger partial charge in [-0.25, -0.2) is 4.39 Å². The first-order valence-electron chi connectivity index (χ1n) is 9.01.